The molecule has 0 spiro atoms. The summed E-state index contributed by atoms with van der Waals surface area (Å²) < 4.78 is 1.89. The van der Waals surface area contributed by atoms with E-state index in [1.807, 2.05) is 15.6 Å². The van der Waals surface area contributed by atoms with Crippen LogP contribution in [-0.4, -0.2) is 51.2 Å². The number of hydrogen-bond acceptors (Lipinski definition) is 4. The minimum atomic E-state index is 0. The minimum Gasteiger partial charge on any atom is -0.333 e. The van der Waals surface area contributed by atoms with Gasteiger partial charge in [-0.25, -0.2) is 9.67 Å². The zero-order valence-electron chi connectivity index (χ0n) is 17.8. The van der Waals surface area contributed by atoms with Crippen LogP contribution < -0.4 is 5.32 Å². The zero-order valence-corrected chi connectivity index (χ0v) is 19.4. The van der Waals surface area contributed by atoms with Crippen molar-refractivity contribution in [2.24, 2.45) is 0 Å². The average molecular weight is 450 g/mol. The lowest BCUT2D eigenvalue weighted by Gasteiger charge is -2.34. The van der Waals surface area contributed by atoms with Crippen molar-refractivity contribution in [3.63, 3.8) is 0 Å². The van der Waals surface area contributed by atoms with Crippen LogP contribution in [0.15, 0.2) is 36.5 Å². The number of benzene rings is 1. The van der Waals surface area contributed by atoms with Crippen molar-refractivity contribution in [2.45, 2.75) is 39.8 Å². The molecule has 1 atom stereocenters. The number of fused-ring (bicyclic) bond motifs is 1. The summed E-state index contributed by atoms with van der Waals surface area (Å²) in [5, 5.41) is 8.69. The Labute approximate surface area is 189 Å². The van der Waals surface area contributed by atoms with Gasteiger partial charge in [0, 0.05) is 37.3 Å². The van der Waals surface area contributed by atoms with E-state index in [1.54, 1.807) is 6.20 Å². The van der Waals surface area contributed by atoms with E-state index < -0.39 is 0 Å². The number of aryl methyl sites for hydroxylation is 1. The molecule has 0 saturated carbocycles. The molecule has 1 aliphatic heterocycles. The lowest BCUT2D eigenvalue weighted by atomic mass is 10.0. The molecule has 4 rings (SSSR count). The Morgan fingerprint density at radius 2 is 1.90 bits per heavy atom. The van der Waals surface area contributed by atoms with Crippen molar-refractivity contribution in [3.05, 3.63) is 47.7 Å². The molecule has 0 bridgehead atoms. The maximum atomic E-state index is 13.5. The third-order valence-electron chi connectivity index (χ3n) is 5.40. The van der Waals surface area contributed by atoms with Gasteiger partial charge < -0.3 is 10.2 Å². The van der Waals surface area contributed by atoms with Crippen LogP contribution in [0.4, 0.5) is 0 Å². The standard InChI is InChI=1S/C22H27N5O.2ClH/c1-14(2)27-21-19(13-24-27)18(22(28)26-10-9-23-12-16(26)4)11-20(25-21)17-7-5-15(3)6-8-17;;/h5-8,11,13-14,16,23H,9-10,12H2,1-4H3;2*1H/t16-;;/m1../s1. The molecule has 3 aromatic rings. The van der Waals surface area contributed by atoms with Crippen LogP contribution in [0.5, 0.6) is 0 Å². The molecule has 8 heteroatoms. The second-order valence-corrected chi connectivity index (χ2v) is 7.89. The highest BCUT2D eigenvalue weighted by atomic mass is 35.5. The number of pyridine rings is 1. The molecule has 6 nitrogen and oxygen atoms in total. The SMILES string of the molecule is Cc1ccc(-c2cc(C(=O)N3CCNC[C@H]3C)c3cnn(C(C)C)c3n2)cc1.Cl.Cl. The summed E-state index contributed by atoms with van der Waals surface area (Å²) in [6.45, 7) is 10.6. The summed E-state index contributed by atoms with van der Waals surface area (Å²) in [7, 11) is 0. The molecule has 0 unspecified atom stereocenters. The summed E-state index contributed by atoms with van der Waals surface area (Å²) >= 11 is 0. The van der Waals surface area contributed by atoms with Crippen molar-refractivity contribution >= 4 is 41.8 Å². The number of piperazine rings is 1. The molecule has 1 aromatic carbocycles. The molecule has 3 heterocycles. The van der Waals surface area contributed by atoms with E-state index in [-0.39, 0.29) is 42.8 Å². The summed E-state index contributed by atoms with van der Waals surface area (Å²) in [4.78, 5) is 20.3. The summed E-state index contributed by atoms with van der Waals surface area (Å²) in [6.07, 6.45) is 1.78. The molecular formula is C22H29Cl2N5O. The largest absolute Gasteiger partial charge is 0.333 e. The molecular weight excluding hydrogens is 421 g/mol. The van der Waals surface area contributed by atoms with Crippen molar-refractivity contribution in [3.8, 4) is 11.3 Å². The first-order valence-electron chi connectivity index (χ1n) is 9.92. The van der Waals surface area contributed by atoms with Gasteiger partial charge in [0.2, 0.25) is 0 Å². The molecule has 1 amide bonds. The van der Waals surface area contributed by atoms with E-state index >= 15 is 0 Å². The normalized spacial score (nSPS) is 16.3. The average Bonchev–Trinajstić information content (AvgIpc) is 3.12. The van der Waals surface area contributed by atoms with Gasteiger partial charge in [-0.1, -0.05) is 29.8 Å². The molecule has 1 fully saturated rings. The van der Waals surface area contributed by atoms with Gasteiger partial charge in [-0.2, -0.15) is 5.10 Å². The molecule has 162 valence electrons. The highest BCUT2D eigenvalue weighted by Crippen LogP contribution is 2.28. The van der Waals surface area contributed by atoms with Crippen LogP contribution in [-0.2, 0) is 0 Å². The number of carbonyl (C=O) groups excluding carboxylic acids is 1. The van der Waals surface area contributed by atoms with Crippen molar-refractivity contribution in [2.75, 3.05) is 19.6 Å². The van der Waals surface area contributed by atoms with E-state index in [0.29, 0.717) is 12.1 Å². The second kappa shape index (κ2) is 9.77. The highest BCUT2D eigenvalue weighted by Gasteiger charge is 2.27. The Bertz CT molecular complexity index is 1020. The number of nitrogens with zero attached hydrogens (tertiary/aromatic N) is 4. The quantitative estimate of drug-likeness (QED) is 0.648. The van der Waals surface area contributed by atoms with Gasteiger partial charge in [0.1, 0.15) is 0 Å². The summed E-state index contributed by atoms with van der Waals surface area (Å²) in [5.74, 6) is 0.0538. The van der Waals surface area contributed by atoms with Crippen LogP contribution in [0.3, 0.4) is 0 Å². The number of aromatic nitrogens is 3. The number of carbonyl (C=O) groups is 1. The zero-order chi connectivity index (χ0) is 19.8. The van der Waals surface area contributed by atoms with Crippen LogP contribution in [0, 0.1) is 6.92 Å². The highest BCUT2D eigenvalue weighted by molar-refractivity contribution is 6.06. The molecule has 0 aliphatic carbocycles. The van der Waals surface area contributed by atoms with Crippen molar-refractivity contribution in [1.29, 1.82) is 0 Å². The van der Waals surface area contributed by atoms with Gasteiger partial charge in [-0.05, 0) is 33.8 Å². The summed E-state index contributed by atoms with van der Waals surface area (Å²) in [5.41, 5.74) is 4.45. The molecule has 30 heavy (non-hydrogen) atoms. The maximum absolute atomic E-state index is 13.5. The maximum Gasteiger partial charge on any atom is 0.255 e. The van der Waals surface area contributed by atoms with E-state index in [0.717, 1.165) is 35.4 Å². The third kappa shape index (κ3) is 4.46. The number of hydrogen-bond donors (Lipinski definition) is 1. The third-order valence-corrected chi connectivity index (χ3v) is 5.40. The number of rotatable bonds is 3. The molecule has 0 radical (unpaired) electrons. The van der Waals surface area contributed by atoms with Gasteiger partial charge in [-0.15, -0.1) is 24.8 Å². The first-order chi connectivity index (χ1) is 13.5. The van der Waals surface area contributed by atoms with Gasteiger partial charge in [0.05, 0.1) is 22.8 Å². The topological polar surface area (TPSA) is 63.1 Å². The molecule has 2 aromatic heterocycles. The lowest BCUT2D eigenvalue weighted by Crippen LogP contribution is -2.52. The van der Waals surface area contributed by atoms with Crippen LogP contribution in [0.1, 0.15) is 42.7 Å². The molecule has 1 N–H and O–H groups in total. The Hall–Kier alpha value is -2.15. The number of nitrogens with one attached hydrogen (secondary N) is 1. The molecule has 1 saturated heterocycles. The van der Waals surface area contributed by atoms with Gasteiger partial charge in [0.25, 0.3) is 5.91 Å². The van der Waals surface area contributed by atoms with E-state index in [1.165, 1.54) is 5.56 Å². The predicted octanol–water partition coefficient (Wildman–Crippen LogP) is 4.27. The van der Waals surface area contributed by atoms with E-state index in [4.69, 9.17) is 4.98 Å². The van der Waals surface area contributed by atoms with Crippen molar-refractivity contribution < 1.29 is 4.79 Å². The lowest BCUT2D eigenvalue weighted by molar-refractivity contribution is 0.0658. The number of amides is 1. The fourth-order valence-electron chi connectivity index (χ4n) is 3.74. The monoisotopic (exact) mass is 449 g/mol. The Kier molecular flexibility index (Phi) is 7.86. The van der Waals surface area contributed by atoms with E-state index in [2.05, 4.69) is 62.4 Å². The predicted molar refractivity (Wildman–Crippen MR) is 126 cm³/mol. The smallest absolute Gasteiger partial charge is 0.255 e. The summed E-state index contributed by atoms with van der Waals surface area (Å²) in [6, 6.07) is 10.5. The Balaban J connectivity index is 0.00000160. The van der Waals surface area contributed by atoms with Crippen LogP contribution >= 0.6 is 24.8 Å². The van der Waals surface area contributed by atoms with Crippen LogP contribution in [0.2, 0.25) is 0 Å². The fraction of sp³-hybridized carbons (Fsp3) is 0.409. The van der Waals surface area contributed by atoms with E-state index in [9.17, 15) is 4.79 Å². The van der Waals surface area contributed by atoms with Crippen LogP contribution in [0.25, 0.3) is 22.3 Å². The Morgan fingerprint density at radius 3 is 2.53 bits per heavy atom. The minimum absolute atomic E-state index is 0. The van der Waals surface area contributed by atoms with Gasteiger partial charge in [-0.3, -0.25) is 4.79 Å². The number of halogens is 2. The Morgan fingerprint density at radius 1 is 1.20 bits per heavy atom. The first kappa shape index (κ1) is 24.1. The first-order valence-corrected chi connectivity index (χ1v) is 9.92. The van der Waals surface area contributed by atoms with Gasteiger partial charge in [0.15, 0.2) is 5.65 Å². The van der Waals surface area contributed by atoms with Gasteiger partial charge >= 0.3 is 0 Å². The fourth-order valence-corrected chi connectivity index (χ4v) is 3.74. The molecule has 1 aliphatic rings. The van der Waals surface area contributed by atoms with Crippen molar-refractivity contribution in [1.82, 2.24) is 25.0 Å². The second-order valence-electron chi connectivity index (χ2n) is 7.89.